The van der Waals surface area contributed by atoms with Gasteiger partial charge in [0.05, 0.1) is 19.4 Å². The maximum absolute atomic E-state index is 5.65. The van der Waals surface area contributed by atoms with Crippen LogP contribution in [0.25, 0.3) is 0 Å². The van der Waals surface area contributed by atoms with Crippen LogP contribution in [0.1, 0.15) is 38.0 Å². The molecule has 1 fully saturated rings. The molecule has 0 bridgehead atoms. The monoisotopic (exact) mass is 280 g/mol. The smallest absolute Gasteiger partial charge is 0.118 e. The Morgan fingerprint density at radius 1 is 1.45 bits per heavy atom. The third-order valence-corrected chi connectivity index (χ3v) is 3.52. The van der Waals surface area contributed by atoms with Crippen LogP contribution in [0.4, 0.5) is 0 Å². The molecule has 1 N–H and O–H groups in total. The van der Waals surface area contributed by atoms with Gasteiger partial charge in [0.1, 0.15) is 5.76 Å². The van der Waals surface area contributed by atoms with Crippen LogP contribution in [0.15, 0.2) is 16.7 Å². The van der Waals surface area contributed by atoms with Gasteiger partial charge in [0.2, 0.25) is 0 Å². The van der Waals surface area contributed by atoms with Crippen molar-refractivity contribution in [3.05, 3.63) is 23.7 Å². The van der Waals surface area contributed by atoms with Gasteiger partial charge in [-0.05, 0) is 31.9 Å². The van der Waals surface area contributed by atoms with E-state index in [9.17, 15) is 0 Å². The van der Waals surface area contributed by atoms with E-state index in [2.05, 4.69) is 37.2 Å². The van der Waals surface area contributed by atoms with E-state index in [1.165, 1.54) is 18.4 Å². The van der Waals surface area contributed by atoms with E-state index in [0.717, 1.165) is 44.5 Å². The Morgan fingerprint density at radius 3 is 2.95 bits per heavy atom. The summed E-state index contributed by atoms with van der Waals surface area (Å²) in [6, 6.07) is 2.64. The minimum absolute atomic E-state index is 0.500. The zero-order valence-electron chi connectivity index (χ0n) is 13.0. The second kappa shape index (κ2) is 7.81. The van der Waals surface area contributed by atoms with Crippen LogP contribution in [-0.4, -0.2) is 37.7 Å². The van der Waals surface area contributed by atoms with Crippen molar-refractivity contribution in [2.24, 2.45) is 5.92 Å². The van der Waals surface area contributed by atoms with Gasteiger partial charge in [0.15, 0.2) is 0 Å². The van der Waals surface area contributed by atoms with E-state index >= 15 is 0 Å². The lowest BCUT2D eigenvalue weighted by molar-refractivity contribution is 0.1000. The molecule has 114 valence electrons. The molecule has 1 saturated carbocycles. The standard InChI is InChI=1S/C16H28N2O2/c1-13(2)17-9-15-8-16(20-12-15)10-18(3)6-7-19-11-14-4-5-14/h8,12-14,17H,4-7,9-11H2,1-3H3. The van der Waals surface area contributed by atoms with Gasteiger partial charge < -0.3 is 14.5 Å². The predicted octanol–water partition coefficient (Wildman–Crippen LogP) is 2.64. The molecule has 0 unspecified atom stereocenters. The van der Waals surface area contributed by atoms with Crippen LogP contribution >= 0.6 is 0 Å². The molecule has 4 nitrogen and oxygen atoms in total. The highest BCUT2D eigenvalue weighted by atomic mass is 16.5. The zero-order chi connectivity index (χ0) is 14.4. The van der Waals surface area contributed by atoms with Gasteiger partial charge in [-0.2, -0.15) is 0 Å². The van der Waals surface area contributed by atoms with Crippen molar-refractivity contribution in [1.29, 1.82) is 0 Å². The number of nitrogens with one attached hydrogen (secondary N) is 1. The summed E-state index contributed by atoms with van der Waals surface area (Å²) in [6.45, 7) is 8.72. The summed E-state index contributed by atoms with van der Waals surface area (Å²) in [5.41, 5.74) is 1.21. The molecule has 4 heteroatoms. The Balaban J connectivity index is 1.61. The number of ether oxygens (including phenoxy) is 1. The number of hydrogen-bond acceptors (Lipinski definition) is 4. The first-order valence-corrected chi connectivity index (χ1v) is 7.69. The minimum Gasteiger partial charge on any atom is -0.468 e. The van der Waals surface area contributed by atoms with Crippen molar-refractivity contribution in [2.45, 2.75) is 45.8 Å². The molecule has 0 spiro atoms. The van der Waals surface area contributed by atoms with Crippen molar-refractivity contribution >= 4 is 0 Å². The van der Waals surface area contributed by atoms with Crippen molar-refractivity contribution < 1.29 is 9.15 Å². The van der Waals surface area contributed by atoms with Gasteiger partial charge in [0, 0.05) is 31.3 Å². The van der Waals surface area contributed by atoms with E-state index in [4.69, 9.17) is 9.15 Å². The third-order valence-electron chi connectivity index (χ3n) is 3.52. The Hall–Kier alpha value is -0.840. The summed E-state index contributed by atoms with van der Waals surface area (Å²) in [7, 11) is 2.11. The highest BCUT2D eigenvalue weighted by Crippen LogP contribution is 2.28. The first-order chi connectivity index (χ1) is 9.63. The van der Waals surface area contributed by atoms with Crippen LogP contribution in [0.3, 0.4) is 0 Å². The molecule has 0 atom stereocenters. The second-order valence-corrected chi connectivity index (χ2v) is 6.21. The van der Waals surface area contributed by atoms with Gasteiger partial charge >= 0.3 is 0 Å². The number of furan rings is 1. The summed E-state index contributed by atoms with van der Waals surface area (Å²) in [5.74, 6) is 1.87. The maximum atomic E-state index is 5.65. The second-order valence-electron chi connectivity index (χ2n) is 6.21. The molecule has 0 radical (unpaired) electrons. The molecule has 0 amide bonds. The molecular weight excluding hydrogens is 252 g/mol. The van der Waals surface area contributed by atoms with Crippen molar-refractivity contribution in [3.8, 4) is 0 Å². The molecule has 2 rings (SSSR count). The molecule has 20 heavy (non-hydrogen) atoms. The Labute approximate surface area is 122 Å². The molecule has 1 heterocycles. The Morgan fingerprint density at radius 2 is 2.25 bits per heavy atom. The number of rotatable bonds is 10. The molecule has 1 aromatic rings. The summed E-state index contributed by atoms with van der Waals surface area (Å²) < 4.78 is 11.3. The normalized spacial score (nSPS) is 15.4. The molecule has 0 aromatic carbocycles. The first kappa shape index (κ1) is 15.5. The largest absolute Gasteiger partial charge is 0.468 e. The number of hydrogen-bond donors (Lipinski definition) is 1. The number of likely N-dealkylation sites (N-methyl/N-ethyl adjacent to an activating group) is 1. The Bertz CT molecular complexity index is 386. The fourth-order valence-corrected chi connectivity index (χ4v) is 2.02. The molecule has 0 saturated heterocycles. The van der Waals surface area contributed by atoms with Crippen LogP contribution in [0, 0.1) is 5.92 Å². The third kappa shape index (κ3) is 6.07. The van der Waals surface area contributed by atoms with Gasteiger partial charge in [-0.15, -0.1) is 0 Å². The highest BCUT2D eigenvalue weighted by molar-refractivity contribution is 5.12. The fraction of sp³-hybridized carbons (Fsp3) is 0.750. The highest BCUT2D eigenvalue weighted by Gasteiger charge is 2.20. The lowest BCUT2D eigenvalue weighted by Crippen LogP contribution is -2.23. The minimum atomic E-state index is 0.500. The lowest BCUT2D eigenvalue weighted by atomic mass is 10.3. The zero-order valence-corrected chi connectivity index (χ0v) is 13.0. The van der Waals surface area contributed by atoms with Gasteiger partial charge in [-0.3, -0.25) is 4.90 Å². The van der Waals surface area contributed by atoms with Crippen molar-refractivity contribution in [1.82, 2.24) is 10.2 Å². The van der Waals surface area contributed by atoms with Gasteiger partial charge in [0.25, 0.3) is 0 Å². The van der Waals surface area contributed by atoms with Crippen LogP contribution < -0.4 is 5.32 Å². The maximum Gasteiger partial charge on any atom is 0.118 e. The lowest BCUT2D eigenvalue weighted by Gasteiger charge is -2.14. The Kier molecular flexibility index (Phi) is 6.07. The molecule has 1 aromatic heterocycles. The van der Waals surface area contributed by atoms with Crippen molar-refractivity contribution in [3.63, 3.8) is 0 Å². The molecule has 1 aliphatic rings. The SMILES string of the molecule is CC(C)NCc1coc(CN(C)CCOCC2CC2)c1. The fourth-order valence-electron chi connectivity index (χ4n) is 2.02. The van der Waals surface area contributed by atoms with Gasteiger partial charge in [-0.1, -0.05) is 13.8 Å². The van der Waals surface area contributed by atoms with E-state index < -0.39 is 0 Å². The first-order valence-electron chi connectivity index (χ1n) is 7.69. The van der Waals surface area contributed by atoms with E-state index in [0.29, 0.717) is 6.04 Å². The van der Waals surface area contributed by atoms with E-state index in [1.54, 1.807) is 0 Å². The quantitative estimate of drug-likeness (QED) is 0.669. The van der Waals surface area contributed by atoms with Crippen molar-refractivity contribution in [2.75, 3.05) is 26.8 Å². The van der Waals surface area contributed by atoms with E-state index in [1.807, 2.05) is 6.26 Å². The summed E-state index contributed by atoms with van der Waals surface area (Å²) in [5, 5.41) is 3.39. The average Bonchev–Trinajstić information content (AvgIpc) is 3.12. The van der Waals surface area contributed by atoms with Gasteiger partial charge in [-0.25, -0.2) is 0 Å². The molecule has 1 aliphatic carbocycles. The van der Waals surface area contributed by atoms with Crippen LogP contribution in [0.5, 0.6) is 0 Å². The summed E-state index contributed by atoms with van der Waals surface area (Å²) in [6.07, 6.45) is 4.56. The molecule has 0 aliphatic heterocycles. The van der Waals surface area contributed by atoms with Crippen LogP contribution in [0.2, 0.25) is 0 Å². The average molecular weight is 280 g/mol. The van der Waals surface area contributed by atoms with E-state index in [-0.39, 0.29) is 0 Å². The summed E-state index contributed by atoms with van der Waals surface area (Å²) in [4.78, 5) is 2.24. The number of nitrogens with zero attached hydrogens (tertiary/aromatic N) is 1. The summed E-state index contributed by atoms with van der Waals surface area (Å²) >= 11 is 0. The molecular formula is C16H28N2O2. The topological polar surface area (TPSA) is 37.6 Å². The van der Waals surface area contributed by atoms with Crippen LogP contribution in [-0.2, 0) is 17.8 Å². The predicted molar refractivity (Wildman–Crippen MR) is 80.6 cm³/mol.